The number of benzene rings is 2. The molecule has 1 saturated heterocycles. The van der Waals surface area contributed by atoms with Crippen LogP contribution in [0.15, 0.2) is 42.5 Å². The molecular formula is C16H14N2O3S. The summed E-state index contributed by atoms with van der Waals surface area (Å²) < 4.78 is 10.7. The van der Waals surface area contributed by atoms with Crippen LogP contribution in [0.1, 0.15) is 10.9 Å². The van der Waals surface area contributed by atoms with Gasteiger partial charge in [-0.3, -0.25) is 9.69 Å². The van der Waals surface area contributed by atoms with Crippen molar-refractivity contribution in [3.63, 3.8) is 0 Å². The molecule has 1 atom stereocenters. The molecule has 2 aliphatic heterocycles. The molecule has 4 rings (SSSR count). The van der Waals surface area contributed by atoms with Crippen LogP contribution in [0.5, 0.6) is 11.5 Å². The van der Waals surface area contributed by atoms with Gasteiger partial charge in [-0.1, -0.05) is 18.2 Å². The Balaban J connectivity index is 1.75. The van der Waals surface area contributed by atoms with E-state index in [1.807, 2.05) is 42.5 Å². The quantitative estimate of drug-likeness (QED) is 0.864. The highest BCUT2D eigenvalue weighted by atomic mass is 32.2. The van der Waals surface area contributed by atoms with Gasteiger partial charge in [-0.25, -0.2) is 0 Å². The lowest BCUT2D eigenvalue weighted by Crippen LogP contribution is -2.28. The van der Waals surface area contributed by atoms with Gasteiger partial charge in [-0.2, -0.15) is 0 Å². The third-order valence-corrected chi connectivity index (χ3v) is 4.96. The number of ether oxygens (including phenoxy) is 2. The number of nitrogens with two attached hydrogens (primary N) is 1. The SMILES string of the molecule is Nc1ccccc1C1SCC(=O)N1c1ccc2c(c1)OCO2. The number of amides is 1. The molecule has 2 aliphatic rings. The molecule has 0 radical (unpaired) electrons. The smallest absolute Gasteiger partial charge is 0.238 e. The van der Waals surface area contributed by atoms with Crippen molar-refractivity contribution < 1.29 is 14.3 Å². The lowest BCUT2D eigenvalue weighted by atomic mass is 10.1. The molecule has 22 heavy (non-hydrogen) atoms. The Morgan fingerprint density at radius 2 is 1.95 bits per heavy atom. The van der Waals surface area contributed by atoms with E-state index in [2.05, 4.69) is 0 Å². The molecule has 6 heteroatoms. The number of rotatable bonds is 2. The standard InChI is InChI=1S/C16H14N2O3S/c17-12-4-2-1-3-11(12)16-18(15(19)8-22-16)10-5-6-13-14(7-10)21-9-20-13/h1-7,16H,8-9,17H2. The first-order valence-corrected chi connectivity index (χ1v) is 7.96. The number of nitrogens with zero attached hydrogens (tertiary/aromatic N) is 1. The summed E-state index contributed by atoms with van der Waals surface area (Å²) in [5, 5.41) is -0.117. The first-order valence-electron chi connectivity index (χ1n) is 6.92. The lowest BCUT2D eigenvalue weighted by Gasteiger charge is -2.25. The number of nitrogen functional groups attached to an aromatic ring is 1. The fraction of sp³-hybridized carbons (Fsp3) is 0.188. The average molecular weight is 314 g/mol. The molecule has 2 N–H and O–H groups in total. The average Bonchev–Trinajstić information content (AvgIpc) is 3.13. The zero-order valence-corrected chi connectivity index (χ0v) is 12.5. The lowest BCUT2D eigenvalue weighted by molar-refractivity contribution is -0.115. The largest absolute Gasteiger partial charge is 0.454 e. The molecule has 2 aromatic carbocycles. The molecule has 2 heterocycles. The second kappa shape index (κ2) is 5.14. The molecule has 1 amide bonds. The number of thioether (sulfide) groups is 1. The van der Waals surface area contributed by atoms with Gasteiger partial charge in [-0.05, 0) is 18.2 Å². The van der Waals surface area contributed by atoms with Gasteiger partial charge in [0.15, 0.2) is 11.5 Å². The highest BCUT2D eigenvalue weighted by Crippen LogP contribution is 2.45. The predicted octanol–water partition coefficient (Wildman–Crippen LogP) is 2.78. The van der Waals surface area contributed by atoms with Gasteiger partial charge in [0.05, 0.1) is 5.75 Å². The second-order valence-electron chi connectivity index (χ2n) is 5.09. The van der Waals surface area contributed by atoms with Gasteiger partial charge in [0.1, 0.15) is 5.37 Å². The molecule has 0 aliphatic carbocycles. The fourth-order valence-corrected chi connectivity index (χ4v) is 3.93. The van der Waals surface area contributed by atoms with Crippen LogP contribution in [-0.2, 0) is 4.79 Å². The van der Waals surface area contributed by atoms with Crippen LogP contribution >= 0.6 is 11.8 Å². The number of carbonyl (C=O) groups excluding carboxylic acids is 1. The highest BCUT2D eigenvalue weighted by molar-refractivity contribution is 8.00. The fourth-order valence-electron chi connectivity index (χ4n) is 2.70. The molecule has 0 spiro atoms. The van der Waals surface area contributed by atoms with Gasteiger partial charge in [-0.15, -0.1) is 11.8 Å². The van der Waals surface area contributed by atoms with Crippen LogP contribution in [0.25, 0.3) is 0 Å². The van der Waals surface area contributed by atoms with Crippen LogP contribution in [-0.4, -0.2) is 18.5 Å². The minimum atomic E-state index is -0.117. The van der Waals surface area contributed by atoms with Crippen LogP contribution in [0.2, 0.25) is 0 Å². The van der Waals surface area contributed by atoms with Crippen molar-refractivity contribution >= 4 is 29.0 Å². The van der Waals surface area contributed by atoms with Crippen LogP contribution < -0.4 is 20.1 Å². The van der Waals surface area contributed by atoms with E-state index in [1.165, 1.54) is 0 Å². The minimum absolute atomic E-state index is 0.0668. The monoisotopic (exact) mass is 314 g/mol. The summed E-state index contributed by atoms with van der Waals surface area (Å²) >= 11 is 1.58. The van der Waals surface area contributed by atoms with E-state index < -0.39 is 0 Å². The zero-order chi connectivity index (χ0) is 15.1. The van der Waals surface area contributed by atoms with Crippen molar-refractivity contribution in [2.75, 3.05) is 23.2 Å². The number of para-hydroxylation sites is 1. The van der Waals surface area contributed by atoms with Gasteiger partial charge in [0.25, 0.3) is 0 Å². The van der Waals surface area contributed by atoms with Crippen LogP contribution in [0.3, 0.4) is 0 Å². The van der Waals surface area contributed by atoms with E-state index >= 15 is 0 Å². The predicted molar refractivity (Wildman–Crippen MR) is 86.1 cm³/mol. The van der Waals surface area contributed by atoms with Gasteiger partial charge < -0.3 is 15.2 Å². The van der Waals surface area contributed by atoms with Crippen molar-refractivity contribution in [2.45, 2.75) is 5.37 Å². The first kappa shape index (κ1) is 13.3. The topological polar surface area (TPSA) is 64.8 Å². The molecule has 112 valence electrons. The van der Waals surface area contributed by atoms with Crippen molar-refractivity contribution in [3.05, 3.63) is 48.0 Å². The van der Waals surface area contributed by atoms with E-state index in [9.17, 15) is 4.79 Å². The Bertz CT molecular complexity index is 750. The van der Waals surface area contributed by atoms with E-state index in [-0.39, 0.29) is 18.1 Å². The molecule has 0 saturated carbocycles. The molecule has 1 unspecified atom stereocenters. The molecule has 5 nitrogen and oxygen atoms in total. The highest BCUT2D eigenvalue weighted by Gasteiger charge is 2.35. The summed E-state index contributed by atoms with van der Waals surface area (Å²) in [6.45, 7) is 0.219. The van der Waals surface area contributed by atoms with Crippen LogP contribution in [0.4, 0.5) is 11.4 Å². The van der Waals surface area contributed by atoms with Gasteiger partial charge in [0, 0.05) is 23.0 Å². The van der Waals surface area contributed by atoms with Crippen molar-refractivity contribution in [3.8, 4) is 11.5 Å². The maximum Gasteiger partial charge on any atom is 0.238 e. The molecule has 2 aromatic rings. The number of fused-ring (bicyclic) bond motifs is 1. The minimum Gasteiger partial charge on any atom is -0.454 e. The number of hydrogen-bond acceptors (Lipinski definition) is 5. The third kappa shape index (κ3) is 2.07. The maximum absolute atomic E-state index is 12.4. The molecule has 1 fully saturated rings. The third-order valence-electron chi connectivity index (χ3n) is 3.76. The number of carbonyl (C=O) groups is 1. The zero-order valence-electron chi connectivity index (χ0n) is 11.7. The number of hydrogen-bond donors (Lipinski definition) is 1. The van der Waals surface area contributed by atoms with Crippen LogP contribution in [0, 0.1) is 0 Å². The Labute approximate surface area is 132 Å². The molecule has 0 bridgehead atoms. The van der Waals surface area contributed by atoms with Gasteiger partial charge >= 0.3 is 0 Å². The van der Waals surface area contributed by atoms with Crippen molar-refractivity contribution in [1.29, 1.82) is 0 Å². The first-order chi connectivity index (χ1) is 10.7. The van der Waals surface area contributed by atoms with E-state index in [4.69, 9.17) is 15.2 Å². The normalized spacial score (nSPS) is 19.7. The van der Waals surface area contributed by atoms with Crippen molar-refractivity contribution in [1.82, 2.24) is 0 Å². The maximum atomic E-state index is 12.4. The van der Waals surface area contributed by atoms with Gasteiger partial charge in [0.2, 0.25) is 12.7 Å². The summed E-state index contributed by atoms with van der Waals surface area (Å²) in [6, 6.07) is 13.2. The summed E-state index contributed by atoms with van der Waals surface area (Å²) in [5.74, 6) is 1.88. The Hall–Kier alpha value is -2.34. The summed E-state index contributed by atoms with van der Waals surface area (Å²) in [5.41, 5.74) is 8.53. The van der Waals surface area contributed by atoms with E-state index in [0.717, 1.165) is 11.3 Å². The second-order valence-corrected chi connectivity index (χ2v) is 6.16. The number of anilines is 2. The van der Waals surface area contributed by atoms with E-state index in [0.29, 0.717) is 22.9 Å². The van der Waals surface area contributed by atoms with Crippen molar-refractivity contribution in [2.24, 2.45) is 0 Å². The Morgan fingerprint density at radius 1 is 1.14 bits per heavy atom. The summed E-state index contributed by atoms with van der Waals surface area (Å²) in [7, 11) is 0. The Morgan fingerprint density at radius 3 is 2.82 bits per heavy atom. The van der Waals surface area contributed by atoms with E-state index in [1.54, 1.807) is 16.7 Å². The summed E-state index contributed by atoms with van der Waals surface area (Å²) in [4.78, 5) is 14.1. The Kier molecular flexibility index (Phi) is 3.11. The molecular weight excluding hydrogens is 300 g/mol. The summed E-state index contributed by atoms with van der Waals surface area (Å²) in [6.07, 6.45) is 0. The molecule has 0 aromatic heterocycles.